The molecule has 1 rings (SSSR count). The first-order valence-electron chi connectivity index (χ1n) is 5.59. The van der Waals surface area contributed by atoms with Gasteiger partial charge in [0.1, 0.15) is 12.0 Å². The van der Waals surface area contributed by atoms with Gasteiger partial charge in [0.15, 0.2) is 0 Å². The van der Waals surface area contributed by atoms with Gasteiger partial charge in [-0.3, -0.25) is 10.1 Å². The molecule has 0 aliphatic heterocycles. The van der Waals surface area contributed by atoms with Crippen LogP contribution in [0.1, 0.15) is 18.9 Å². The molecule has 0 N–H and O–H groups in total. The molecule has 0 amide bonds. The maximum atomic E-state index is 12.4. The topological polar surface area (TPSA) is 59.3 Å². The largest absolute Gasteiger partial charge is 0.351 e. The molecular weight excluding hydrogens is 244 g/mol. The number of hydrogen-bond acceptors (Lipinski definition) is 4. The van der Waals surface area contributed by atoms with Crippen LogP contribution in [0.5, 0.6) is 0 Å². The highest BCUT2D eigenvalue weighted by molar-refractivity contribution is 5.48. The molecule has 7 heteroatoms. The first-order valence-corrected chi connectivity index (χ1v) is 5.59. The van der Waals surface area contributed by atoms with E-state index in [1.165, 1.54) is 11.0 Å². The summed E-state index contributed by atoms with van der Waals surface area (Å²) < 4.78 is 24.8. The quantitative estimate of drug-likeness (QED) is 0.582. The van der Waals surface area contributed by atoms with E-state index in [9.17, 15) is 18.9 Å². The summed E-state index contributed by atoms with van der Waals surface area (Å²) in [6.45, 7) is 3.46. The molecule has 1 aromatic rings. The minimum atomic E-state index is -2.46. The van der Waals surface area contributed by atoms with Crippen LogP contribution < -0.4 is 4.90 Å². The van der Waals surface area contributed by atoms with Gasteiger partial charge in [0, 0.05) is 12.1 Å². The molecule has 0 unspecified atom stereocenters. The molecule has 0 radical (unpaired) electrons. The SMILES string of the molecule is CCCN(CC(F)F)c1cc(C)c([N+](=O)[O-])cn1. The van der Waals surface area contributed by atoms with E-state index in [1.807, 2.05) is 6.92 Å². The summed E-state index contributed by atoms with van der Waals surface area (Å²) in [5.74, 6) is 0.347. The lowest BCUT2D eigenvalue weighted by molar-refractivity contribution is -0.385. The number of nitrogens with zero attached hydrogens (tertiary/aromatic N) is 3. The van der Waals surface area contributed by atoms with E-state index >= 15 is 0 Å². The lowest BCUT2D eigenvalue weighted by Gasteiger charge is -2.22. The zero-order valence-corrected chi connectivity index (χ0v) is 10.3. The zero-order chi connectivity index (χ0) is 13.7. The highest BCUT2D eigenvalue weighted by Gasteiger charge is 2.17. The second-order valence-electron chi connectivity index (χ2n) is 3.92. The lowest BCUT2D eigenvalue weighted by atomic mass is 10.2. The van der Waals surface area contributed by atoms with Crippen LogP contribution in [0.25, 0.3) is 0 Å². The standard InChI is InChI=1S/C11H15F2N3O2/c1-3-4-15(7-10(12)13)11-5-8(2)9(6-14-11)16(17)18/h5-6,10H,3-4,7H2,1-2H3. The number of anilines is 1. The van der Waals surface area contributed by atoms with Crippen LogP contribution in [0.15, 0.2) is 12.3 Å². The van der Waals surface area contributed by atoms with Crippen LogP contribution in [0.3, 0.4) is 0 Å². The van der Waals surface area contributed by atoms with Gasteiger partial charge in [0.2, 0.25) is 0 Å². The molecule has 0 saturated carbocycles. The summed E-state index contributed by atoms with van der Waals surface area (Å²) in [7, 11) is 0. The van der Waals surface area contributed by atoms with Gasteiger partial charge in [-0.15, -0.1) is 0 Å². The summed E-state index contributed by atoms with van der Waals surface area (Å²) in [6, 6.07) is 1.47. The summed E-state index contributed by atoms with van der Waals surface area (Å²) in [4.78, 5) is 15.4. The number of hydrogen-bond donors (Lipinski definition) is 0. The smallest absolute Gasteiger partial charge is 0.290 e. The van der Waals surface area contributed by atoms with Crippen molar-refractivity contribution < 1.29 is 13.7 Å². The van der Waals surface area contributed by atoms with Gasteiger partial charge in [-0.1, -0.05) is 6.92 Å². The zero-order valence-electron chi connectivity index (χ0n) is 10.3. The van der Waals surface area contributed by atoms with Crippen LogP contribution >= 0.6 is 0 Å². The second kappa shape index (κ2) is 6.23. The van der Waals surface area contributed by atoms with Crippen molar-refractivity contribution in [3.05, 3.63) is 27.9 Å². The Balaban J connectivity index is 2.98. The summed E-state index contributed by atoms with van der Waals surface area (Å²) in [5, 5.41) is 10.6. The fraction of sp³-hybridized carbons (Fsp3) is 0.545. The number of alkyl halides is 2. The molecule has 0 aliphatic carbocycles. The Hall–Kier alpha value is -1.79. The van der Waals surface area contributed by atoms with Crippen LogP contribution in [-0.2, 0) is 0 Å². The fourth-order valence-electron chi connectivity index (χ4n) is 1.63. The van der Waals surface area contributed by atoms with Gasteiger partial charge >= 0.3 is 0 Å². The number of pyridine rings is 1. The van der Waals surface area contributed by atoms with Crippen molar-refractivity contribution in [1.29, 1.82) is 0 Å². The van der Waals surface area contributed by atoms with Crippen LogP contribution in [-0.4, -0.2) is 29.4 Å². The van der Waals surface area contributed by atoms with E-state index in [0.29, 0.717) is 24.3 Å². The van der Waals surface area contributed by atoms with E-state index < -0.39 is 17.9 Å². The summed E-state index contributed by atoms with van der Waals surface area (Å²) in [6.07, 6.45) is -0.655. The Morgan fingerprint density at radius 3 is 2.67 bits per heavy atom. The van der Waals surface area contributed by atoms with Crippen LogP contribution in [0.4, 0.5) is 20.3 Å². The molecule has 0 saturated heterocycles. The molecule has 0 bridgehead atoms. The Kier molecular flexibility index (Phi) is 4.94. The summed E-state index contributed by atoms with van der Waals surface area (Å²) >= 11 is 0. The van der Waals surface area contributed by atoms with Crippen molar-refractivity contribution in [2.45, 2.75) is 26.7 Å². The van der Waals surface area contributed by atoms with Gasteiger partial charge in [-0.2, -0.15) is 0 Å². The van der Waals surface area contributed by atoms with Gasteiger partial charge < -0.3 is 4.90 Å². The summed E-state index contributed by atoms with van der Waals surface area (Å²) in [5.41, 5.74) is 0.313. The average molecular weight is 259 g/mol. The highest BCUT2D eigenvalue weighted by atomic mass is 19.3. The molecule has 0 aromatic carbocycles. The Bertz CT molecular complexity index is 427. The van der Waals surface area contributed by atoms with Crippen molar-refractivity contribution >= 4 is 11.5 Å². The van der Waals surface area contributed by atoms with E-state index in [-0.39, 0.29) is 5.69 Å². The molecule has 100 valence electrons. The minimum Gasteiger partial charge on any atom is -0.351 e. The monoisotopic (exact) mass is 259 g/mol. The van der Waals surface area contributed by atoms with Crippen molar-refractivity contribution in [3.63, 3.8) is 0 Å². The Labute approximate surface area is 104 Å². The first kappa shape index (κ1) is 14.3. The molecule has 0 fully saturated rings. The maximum Gasteiger partial charge on any atom is 0.290 e. The van der Waals surface area contributed by atoms with Crippen molar-refractivity contribution in [3.8, 4) is 0 Å². The number of nitro groups is 1. The van der Waals surface area contributed by atoms with E-state index in [2.05, 4.69) is 4.98 Å². The average Bonchev–Trinajstić information content (AvgIpc) is 2.27. The van der Waals surface area contributed by atoms with Crippen molar-refractivity contribution in [2.75, 3.05) is 18.0 Å². The maximum absolute atomic E-state index is 12.4. The third kappa shape index (κ3) is 3.61. The van der Waals surface area contributed by atoms with Crippen LogP contribution in [0, 0.1) is 17.0 Å². The molecular formula is C11H15F2N3O2. The number of aryl methyl sites for hydroxylation is 1. The fourth-order valence-corrected chi connectivity index (χ4v) is 1.63. The molecule has 0 atom stereocenters. The van der Waals surface area contributed by atoms with E-state index in [4.69, 9.17) is 0 Å². The first-order chi connectivity index (χ1) is 8.45. The highest BCUT2D eigenvalue weighted by Crippen LogP contribution is 2.22. The van der Waals surface area contributed by atoms with Gasteiger partial charge in [0.25, 0.3) is 12.1 Å². The van der Waals surface area contributed by atoms with Crippen molar-refractivity contribution in [2.24, 2.45) is 0 Å². The Morgan fingerprint density at radius 1 is 1.56 bits per heavy atom. The van der Waals surface area contributed by atoms with Crippen molar-refractivity contribution in [1.82, 2.24) is 4.98 Å². The van der Waals surface area contributed by atoms with Gasteiger partial charge in [0.05, 0.1) is 11.5 Å². The van der Waals surface area contributed by atoms with Gasteiger partial charge in [-0.25, -0.2) is 13.8 Å². The third-order valence-electron chi connectivity index (χ3n) is 2.44. The molecule has 0 spiro atoms. The molecule has 1 aromatic heterocycles. The Morgan fingerprint density at radius 2 is 2.22 bits per heavy atom. The van der Waals surface area contributed by atoms with Gasteiger partial charge in [-0.05, 0) is 19.4 Å². The number of halogens is 2. The molecule has 5 nitrogen and oxygen atoms in total. The predicted octanol–water partition coefficient (Wildman–Crippen LogP) is 2.78. The molecule has 18 heavy (non-hydrogen) atoms. The van der Waals surface area contributed by atoms with Crippen LogP contribution in [0.2, 0.25) is 0 Å². The van der Waals surface area contributed by atoms with E-state index in [1.54, 1.807) is 6.92 Å². The molecule has 0 aliphatic rings. The predicted molar refractivity (Wildman–Crippen MR) is 64.1 cm³/mol. The number of rotatable bonds is 6. The second-order valence-corrected chi connectivity index (χ2v) is 3.92. The number of aromatic nitrogens is 1. The lowest BCUT2D eigenvalue weighted by Crippen LogP contribution is -2.30. The normalized spacial score (nSPS) is 10.7. The minimum absolute atomic E-state index is 0.104. The molecule has 1 heterocycles. The van der Waals surface area contributed by atoms with E-state index in [0.717, 1.165) is 6.20 Å². The third-order valence-corrected chi connectivity index (χ3v) is 2.44.